The van der Waals surface area contributed by atoms with Crippen LogP contribution in [0.5, 0.6) is 0 Å². The number of nitrogens with one attached hydrogen (secondary N) is 1. The maximum atomic E-state index is 11.5. The van der Waals surface area contributed by atoms with Gasteiger partial charge in [0.25, 0.3) is 0 Å². The molecule has 5 heteroatoms. The number of carboxylic acid groups (broad SMARTS) is 1. The highest BCUT2D eigenvalue weighted by atomic mass is 16.4. The lowest BCUT2D eigenvalue weighted by Crippen LogP contribution is -2.44. The Bertz CT molecular complexity index is 217. The van der Waals surface area contributed by atoms with E-state index in [0.29, 0.717) is 19.5 Å². The molecule has 88 valence electrons. The summed E-state index contributed by atoms with van der Waals surface area (Å²) >= 11 is 0. The van der Waals surface area contributed by atoms with Gasteiger partial charge in [-0.3, -0.25) is 4.79 Å². The third-order valence-electron chi connectivity index (χ3n) is 2.07. The standard InChI is InChI=1S/C10H20N2O3/c1-4-12(8(2)3)10(15)11-7-5-6-9(13)14/h8H,4-7H2,1-3H3,(H,11,15)(H,13,14). The lowest BCUT2D eigenvalue weighted by Gasteiger charge is -2.25. The fraction of sp³-hybridized carbons (Fsp3) is 0.800. The van der Waals surface area contributed by atoms with Gasteiger partial charge in [-0.2, -0.15) is 0 Å². The smallest absolute Gasteiger partial charge is 0.317 e. The average Bonchev–Trinajstić information content (AvgIpc) is 2.12. The van der Waals surface area contributed by atoms with E-state index in [9.17, 15) is 9.59 Å². The highest BCUT2D eigenvalue weighted by Gasteiger charge is 2.13. The van der Waals surface area contributed by atoms with E-state index in [-0.39, 0.29) is 18.5 Å². The number of hydrogen-bond acceptors (Lipinski definition) is 2. The van der Waals surface area contributed by atoms with Crippen LogP contribution in [-0.2, 0) is 4.79 Å². The van der Waals surface area contributed by atoms with Gasteiger partial charge in [-0.1, -0.05) is 0 Å². The summed E-state index contributed by atoms with van der Waals surface area (Å²) in [4.78, 5) is 23.4. The summed E-state index contributed by atoms with van der Waals surface area (Å²) in [7, 11) is 0. The van der Waals surface area contributed by atoms with Crippen LogP contribution in [0.2, 0.25) is 0 Å². The first kappa shape index (κ1) is 13.7. The molecule has 0 aliphatic rings. The zero-order valence-electron chi connectivity index (χ0n) is 9.62. The summed E-state index contributed by atoms with van der Waals surface area (Å²) in [5, 5.41) is 11.1. The third kappa shape index (κ3) is 5.93. The van der Waals surface area contributed by atoms with E-state index >= 15 is 0 Å². The van der Waals surface area contributed by atoms with Gasteiger partial charge < -0.3 is 15.3 Å². The van der Waals surface area contributed by atoms with Crippen molar-refractivity contribution in [1.82, 2.24) is 10.2 Å². The Morgan fingerprint density at radius 3 is 2.40 bits per heavy atom. The number of carbonyl (C=O) groups excluding carboxylic acids is 1. The highest BCUT2D eigenvalue weighted by Crippen LogP contribution is 1.97. The molecule has 0 radical (unpaired) electrons. The van der Waals surface area contributed by atoms with E-state index in [0.717, 1.165) is 0 Å². The first-order valence-electron chi connectivity index (χ1n) is 5.25. The fourth-order valence-electron chi connectivity index (χ4n) is 1.28. The zero-order chi connectivity index (χ0) is 11.8. The molecule has 0 heterocycles. The van der Waals surface area contributed by atoms with Crippen LogP contribution in [0, 0.1) is 0 Å². The van der Waals surface area contributed by atoms with Crippen molar-refractivity contribution >= 4 is 12.0 Å². The van der Waals surface area contributed by atoms with Gasteiger partial charge in [0.15, 0.2) is 0 Å². The number of carboxylic acids is 1. The number of urea groups is 1. The molecule has 0 fully saturated rings. The quantitative estimate of drug-likeness (QED) is 0.657. The molecule has 0 rings (SSSR count). The molecule has 0 aliphatic carbocycles. The van der Waals surface area contributed by atoms with Crippen molar-refractivity contribution in [2.75, 3.05) is 13.1 Å². The monoisotopic (exact) mass is 216 g/mol. The minimum atomic E-state index is -0.833. The van der Waals surface area contributed by atoms with Crippen molar-refractivity contribution in [3.8, 4) is 0 Å². The van der Waals surface area contributed by atoms with E-state index in [1.165, 1.54) is 0 Å². The Morgan fingerprint density at radius 1 is 1.40 bits per heavy atom. The molecule has 0 aromatic carbocycles. The van der Waals surface area contributed by atoms with Gasteiger partial charge in [0, 0.05) is 25.6 Å². The molecule has 2 amide bonds. The van der Waals surface area contributed by atoms with E-state index in [4.69, 9.17) is 5.11 Å². The first-order valence-corrected chi connectivity index (χ1v) is 5.25. The molecule has 0 spiro atoms. The molecule has 2 N–H and O–H groups in total. The molecule has 0 saturated carbocycles. The summed E-state index contributed by atoms with van der Waals surface area (Å²) in [6.45, 7) is 6.87. The van der Waals surface area contributed by atoms with Crippen molar-refractivity contribution in [2.45, 2.75) is 39.7 Å². The van der Waals surface area contributed by atoms with Crippen molar-refractivity contribution < 1.29 is 14.7 Å². The van der Waals surface area contributed by atoms with E-state index in [2.05, 4.69) is 5.32 Å². The van der Waals surface area contributed by atoms with Gasteiger partial charge in [0.1, 0.15) is 0 Å². The molecule has 15 heavy (non-hydrogen) atoms. The molecular formula is C10H20N2O3. The lowest BCUT2D eigenvalue weighted by molar-refractivity contribution is -0.137. The van der Waals surface area contributed by atoms with Crippen molar-refractivity contribution in [3.63, 3.8) is 0 Å². The van der Waals surface area contributed by atoms with Crippen LogP contribution in [0.3, 0.4) is 0 Å². The number of hydrogen-bond donors (Lipinski definition) is 2. The van der Waals surface area contributed by atoms with Crippen LogP contribution >= 0.6 is 0 Å². The second-order valence-corrected chi connectivity index (χ2v) is 3.61. The molecule has 0 aliphatic heterocycles. The maximum Gasteiger partial charge on any atom is 0.317 e. The molecule has 0 aromatic rings. The maximum absolute atomic E-state index is 11.5. The molecule has 0 saturated heterocycles. The summed E-state index contributed by atoms with van der Waals surface area (Å²) < 4.78 is 0. The lowest BCUT2D eigenvalue weighted by atomic mass is 10.3. The van der Waals surface area contributed by atoms with Crippen LogP contribution in [0.25, 0.3) is 0 Å². The van der Waals surface area contributed by atoms with Crippen LogP contribution in [-0.4, -0.2) is 41.1 Å². The Morgan fingerprint density at radius 2 is 2.00 bits per heavy atom. The molecule has 5 nitrogen and oxygen atoms in total. The van der Waals surface area contributed by atoms with Crippen LogP contribution in [0.1, 0.15) is 33.6 Å². The largest absolute Gasteiger partial charge is 0.481 e. The predicted molar refractivity (Wildman–Crippen MR) is 57.8 cm³/mol. The van der Waals surface area contributed by atoms with Crippen LogP contribution in [0.4, 0.5) is 4.79 Å². The Labute approximate surface area is 90.5 Å². The van der Waals surface area contributed by atoms with Gasteiger partial charge in [-0.05, 0) is 27.2 Å². The zero-order valence-corrected chi connectivity index (χ0v) is 9.62. The number of aliphatic carboxylic acids is 1. The predicted octanol–water partition coefficient (Wildman–Crippen LogP) is 1.29. The van der Waals surface area contributed by atoms with Crippen LogP contribution in [0.15, 0.2) is 0 Å². The number of nitrogens with zero attached hydrogens (tertiary/aromatic N) is 1. The number of rotatable bonds is 6. The highest BCUT2D eigenvalue weighted by molar-refractivity contribution is 5.74. The van der Waals surface area contributed by atoms with Gasteiger partial charge in [0.05, 0.1) is 0 Å². The first-order chi connectivity index (χ1) is 6.99. The second-order valence-electron chi connectivity index (χ2n) is 3.61. The van der Waals surface area contributed by atoms with Crippen molar-refractivity contribution in [1.29, 1.82) is 0 Å². The molecule has 0 bridgehead atoms. The third-order valence-corrected chi connectivity index (χ3v) is 2.07. The Balaban J connectivity index is 3.77. The van der Waals surface area contributed by atoms with Crippen LogP contribution < -0.4 is 5.32 Å². The molecule has 0 aromatic heterocycles. The molecule has 0 unspecified atom stereocenters. The van der Waals surface area contributed by atoms with Gasteiger partial charge in [-0.15, -0.1) is 0 Å². The Hall–Kier alpha value is -1.26. The number of amides is 2. The van der Waals surface area contributed by atoms with E-state index in [1.807, 2.05) is 20.8 Å². The summed E-state index contributed by atoms with van der Waals surface area (Å²) in [6, 6.07) is 0.0346. The second kappa shape index (κ2) is 7.09. The summed E-state index contributed by atoms with van der Waals surface area (Å²) in [5.41, 5.74) is 0. The number of carbonyl (C=O) groups is 2. The SMILES string of the molecule is CCN(C(=O)NCCCC(=O)O)C(C)C. The normalized spacial score (nSPS) is 10.1. The van der Waals surface area contributed by atoms with Gasteiger partial charge >= 0.3 is 12.0 Å². The van der Waals surface area contributed by atoms with Crippen molar-refractivity contribution in [3.05, 3.63) is 0 Å². The van der Waals surface area contributed by atoms with E-state index in [1.54, 1.807) is 4.90 Å². The molecular weight excluding hydrogens is 196 g/mol. The molecule has 0 atom stereocenters. The Kier molecular flexibility index (Phi) is 6.49. The minimum absolute atomic E-state index is 0.0914. The van der Waals surface area contributed by atoms with Gasteiger partial charge in [0.2, 0.25) is 0 Å². The fourth-order valence-corrected chi connectivity index (χ4v) is 1.28. The average molecular weight is 216 g/mol. The topological polar surface area (TPSA) is 69.6 Å². The summed E-state index contributed by atoms with van der Waals surface area (Å²) in [6.07, 6.45) is 0.560. The minimum Gasteiger partial charge on any atom is -0.481 e. The van der Waals surface area contributed by atoms with Crippen molar-refractivity contribution in [2.24, 2.45) is 0 Å². The summed E-state index contributed by atoms with van der Waals surface area (Å²) in [5.74, 6) is -0.833. The van der Waals surface area contributed by atoms with E-state index < -0.39 is 5.97 Å². The van der Waals surface area contributed by atoms with Gasteiger partial charge in [-0.25, -0.2) is 4.79 Å².